The lowest BCUT2D eigenvalue weighted by molar-refractivity contribution is 0.0949. The van der Waals surface area contributed by atoms with Crippen molar-refractivity contribution in [3.63, 3.8) is 0 Å². The SMILES string of the molecule is CC(C)OC(=O)NCc1ccccc1-c1nccnc1C(=O)NCCc1ccccn1. The number of ether oxygens (including phenoxy) is 1. The van der Waals surface area contributed by atoms with Crippen molar-refractivity contribution in [2.75, 3.05) is 6.54 Å². The number of amides is 2. The average Bonchev–Trinajstić information content (AvgIpc) is 2.78. The second kappa shape index (κ2) is 10.8. The van der Waals surface area contributed by atoms with Gasteiger partial charge in [0, 0.05) is 49.4 Å². The predicted molar refractivity (Wildman–Crippen MR) is 116 cm³/mol. The second-order valence-electron chi connectivity index (χ2n) is 7.05. The molecule has 31 heavy (non-hydrogen) atoms. The number of hydrogen-bond donors (Lipinski definition) is 2. The maximum absolute atomic E-state index is 12.8. The van der Waals surface area contributed by atoms with E-state index in [0.717, 1.165) is 16.8 Å². The van der Waals surface area contributed by atoms with Gasteiger partial charge in [0.15, 0.2) is 5.69 Å². The van der Waals surface area contributed by atoms with Gasteiger partial charge in [-0.3, -0.25) is 14.8 Å². The highest BCUT2D eigenvalue weighted by Crippen LogP contribution is 2.24. The molecule has 0 fully saturated rings. The highest BCUT2D eigenvalue weighted by atomic mass is 16.6. The predicted octanol–water partition coefficient (Wildman–Crippen LogP) is 3.15. The number of aromatic nitrogens is 3. The molecule has 3 rings (SSSR count). The lowest BCUT2D eigenvalue weighted by atomic mass is 10.0. The summed E-state index contributed by atoms with van der Waals surface area (Å²) in [6.45, 7) is 4.23. The highest BCUT2D eigenvalue weighted by Gasteiger charge is 2.18. The Hall–Kier alpha value is -3.81. The first-order chi connectivity index (χ1) is 15.0. The van der Waals surface area contributed by atoms with Crippen LogP contribution in [0.1, 0.15) is 35.6 Å². The van der Waals surface area contributed by atoms with E-state index in [0.29, 0.717) is 18.7 Å². The van der Waals surface area contributed by atoms with E-state index in [1.165, 1.54) is 12.4 Å². The summed E-state index contributed by atoms with van der Waals surface area (Å²) in [5.74, 6) is -0.319. The van der Waals surface area contributed by atoms with Gasteiger partial charge in [0.1, 0.15) is 5.69 Å². The highest BCUT2D eigenvalue weighted by molar-refractivity contribution is 5.98. The van der Waals surface area contributed by atoms with Gasteiger partial charge >= 0.3 is 6.09 Å². The smallest absolute Gasteiger partial charge is 0.407 e. The van der Waals surface area contributed by atoms with Crippen molar-refractivity contribution in [2.24, 2.45) is 0 Å². The Morgan fingerprint density at radius 2 is 1.71 bits per heavy atom. The average molecular weight is 419 g/mol. The molecule has 0 aliphatic carbocycles. The topological polar surface area (TPSA) is 106 Å². The van der Waals surface area contributed by atoms with Gasteiger partial charge < -0.3 is 15.4 Å². The fourth-order valence-corrected chi connectivity index (χ4v) is 2.96. The van der Waals surface area contributed by atoms with Crippen LogP contribution in [0.5, 0.6) is 0 Å². The monoisotopic (exact) mass is 419 g/mol. The van der Waals surface area contributed by atoms with Crippen LogP contribution in [-0.2, 0) is 17.7 Å². The molecule has 1 aromatic carbocycles. The summed E-state index contributed by atoms with van der Waals surface area (Å²) in [6.07, 6.45) is 4.64. The molecule has 0 saturated heterocycles. The summed E-state index contributed by atoms with van der Waals surface area (Å²) in [6, 6.07) is 13.1. The van der Waals surface area contributed by atoms with Crippen LogP contribution < -0.4 is 10.6 Å². The van der Waals surface area contributed by atoms with Gasteiger partial charge in [0.25, 0.3) is 5.91 Å². The first kappa shape index (κ1) is 21.9. The number of carbonyl (C=O) groups excluding carboxylic acids is 2. The molecule has 2 amide bonds. The zero-order chi connectivity index (χ0) is 22.1. The van der Waals surface area contributed by atoms with E-state index in [1.807, 2.05) is 42.5 Å². The Balaban J connectivity index is 1.73. The molecule has 2 aromatic heterocycles. The van der Waals surface area contributed by atoms with Crippen molar-refractivity contribution in [2.45, 2.75) is 32.9 Å². The standard InChI is InChI=1S/C23H25N5O3/c1-16(2)31-23(30)28-15-17-7-3-4-9-19(17)20-21(26-14-13-25-20)22(29)27-12-10-18-8-5-6-11-24-18/h3-9,11,13-14,16H,10,12,15H2,1-2H3,(H,27,29)(H,28,30). The van der Waals surface area contributed by atoms with Crippen molar-refractivity contribution in [3.05, 3.63) is 78.0 Å². The molecule has 0 aliphatic rings. The summed E-state index contributed by atoms with van der Waals surface area (Å²) >= 11 is 0. The molecule has 2 heterocycles. The molecule has 0 unspecified atom stereocenters. The number of nitrogens with one attached hydrogen (secondary N) is 2. The number of pyridine rings is 1. The molecule has 8 nitrogen and oxygen atoms in total. The van der Waals surface area contributed by atoms with Crippen LogP contribution in [0.4, 0.5) is 4.79 Å². The maximum Gasteiger partial charge on any atom is 0.407 e. The molecule has 2 N–H and O–H groups in total. The maximum atomic E-state index is 12.8. The van der Waals surface area contributed by atoms with Crippen molar-refractivity contribution < 1.29 is 14.3 Å². The van der Waals surface area contributed by atoms with Crippen molar-refractivity contribution >= 4 is 12.0 Å². The van der Waals surface area contributed by atoms with Crippen LogP contribution in [0.2, 0.25) is 0 Å². The number of rotatable bonds is 8. The number of hydrogen-bond acceptors (Lipinski definition) is 6. The van der Waals surface area contributed by atoms with Gasteiger partial charge in [-0.25, -0.2) is 9.78 Å². The minimum atomic E-state index is -0.503. The van der Waals surface area contributed by atoms with Crippen LogP contribution in [-0.4, -0.2) is 39.6 Å². The molecular weight excluding hydrogens is 394 g/mol. The zero-order valence-electron chi connectivity index (χ0n) is 17.5. The van der Waals surface area contributed by atoms with Gasteiger partial charge in [0.05, 0.1) is 6.10 Å². The van der Waals surface area contributed by atoms with Gasteiger partial charge in [-0.1, -0.05) is 30.3 Å². The first-order valence-electron chi connectivity index (χ1n) is 10.1. The Kier molecular flexibility index (Phi) is 7.64. The molecule has 8 heteroatoms. The molecule has 0 radical (unpaired) electrons. The van der Waals surface area contributed by atoms with Crippen LogP contribution in [0.15, 0.2) is 61.1 Å². The lowest BCUT2D eigenvalue weighted by Crippen LogP contribution is -2.28. The fraction of sp³-hybridized carbons (Fsp3) is 0.261. The normalized spacial score (nSPS) is 10.5. The fourth-order valence-electron chi connectivity index (χ4n) is 2.96. The van der Waals surface area contributed by atoms with Crippen LogP contribution in [0, 0.1) is 0 Å². The summed E-state index contributed by atoms with van der Waals surface area (Å²) in [4.78, 5) is 37.6. The zero-order valence-corrected chi connectivity index (χ0v) is 17.5. The largest absolute Gasteiger partial charge is 0.447 e. The summed E-state index contributed by atoms with van der Waals surface area (Å²) < 4.78 is 5.11. The molecule has 0 spiro atoms. The Bertz CT molecular complexity index is 1020. The third kappa shape index (κ3) is 6.33. The second-order valence-corrected chi connectivity index (χ2v) is 7.05. The quantitative estimate of drug-likeness (QED) is 0.581. The van der Waals surface area contributed by atoms with E-state index in [4.69, 9.17) is 4.74 Å². The first-order valence-corrected chi connectivity index (χ1v) is 10.1. The lowest BCUT2D eigenvalue weighted by Gasteiger charge is -2.14. The number of carbonyl (C=O) groups is 2. The van der Waals surface area contributed by atoms with Gasteiger partial charge in [-0.15, -0.1) is 0 Å². The van der Waals surface area contributed by atoms with Gasteiger partial charge in [-0.05, 0) is 31.5 Å². The van der Waals surface area contributed by atoms with Gasteiger partial charge in [-0.2, -0.15) is 0 Å². The van der Waals surface area contributed by atoms with E-state index >= 15 is 0 Å². The van der Waals surface area contributed by atoms with Crippen molar-refractivity contribution in [3.8, 4) is 11.3 Å². The Morgan fingerprint density at radius 1 is 0.935 bits per heavy atom. The number of alkyl carbamates (subject to hydrolysis) is 1. The number of benzene rings is 1. The van der Waals surface area contributed by atoms with E-state index in [2.05, 4.69) is 25.6 Å². The molecule has 0 saturated carbocycles. The minimum Gasteiger partial charge on any atom is -0.447 e. The number of nitrogens with zero attached hydrogens (tertiary/aromatic N) is 3. The molecule has 0 atom stereocenters. The van der Waals surface area contributed by atoms with Gasteiger partial charge in [0.2, 0.25) is 0 Å². The Morgan fingerprint density at radius 3 is 2.48 bits per heavy atom. The third-order valence-electron chi connectivity index (χ3n) is 4.34. The minimum absolute atomic E-state index is 0.211. The van der Waals surface area contributed by atoms with Crippen LogP contribution >= 0.6 is 0 Å². The van der Waals surface area contributed by atoms with Crippen molar-refractivity contribution in [1.29, 1.82) is 0 Å². The third-order valence-corrected chi connectivity index (χ3v) is 4.34. The Labute approximate surface area is 181 Å². The molecule has 0 bridgehead atoms. The van der Waals surface area contributed by atoms with Crippen molar-refractivity contribution in [1.82, 2.24) is 25.6 Å². The van der Waals surface area contributed by atoms with Crippen LogP contribution in [0.25, 0.3) is 11.3 Å². The molecule has 3 aromatic rings. The molecule has 160 valence electrons. The summed E-state index contributed by atoms with van der Waals surface area (Å²) in [7, 11) is 0. The van der Waals surface area contributed by atoms with E-state index in [-0.39, 0.29) is 24.2 Å². The summed E-state index contributed by atoms with van der Waals surface area (Å²) in [5, 5.41) is 5.60. The van der Waals surface area contributed by atoms with E-state index in [9.17, 15) is 9.59 Å². The van der Waals surface area contributed by atoms with E-state index in [1.54, 1.807) is 20.0 Å². The van der Waals surface area contributed by atoms with Crippen LogP contribution in [0.3, 0.4) is 0 Å². The van der Waals surface area contributed by atoms with E-state index < -0.39 is 6.09 Å². The summed E-state index contributed by atoms with van der Waals surface area (Å²) in [5.41, 5.74) is 3.08. The molecule has 0 aliphatic heterocycles. The molecular formula is C23H25N5O3.